The minimum Gasteiger partial charge on any atom is -0.396 e. The lowest BCUT2D eigenvalue weighted by atomic mass is 9.80. The van der Waals surface area contributed by atoms with Gasteiger partial charge in [0.15, 0.2) is 0 Å². The van der Waals surface area contributed by atoms with Crippen molar-refractivity contribution < 1.29 is 23.1 Å². The molecule has 1 aliphatic rings. The molecule has 0 bridgehead atoms. The molecule has 1 fully saturated rings. The third-order valence-corrected chi connectivity index (χ3v) is 4.44. The van der Waals surface area contributed by atoms with E-state index in [1.165, 1.54) is 11.8 Å². The number of carbonyl (C=O) groups is 1. The molecule has 0 heterocycles. The summed E-state index contributed by atoms with van der Waals surface area (Å²) in [5, 5.41) is 11.7. The maximum absolute atomic E-state index is 12.7. The van der Waals surface area contributed by atoms with Gasteiger partial charge in [0.1, 0.15) is 0 Å². The molecule has 1 saturated carbocycles. The first kappa shape index (κ1) is 17.6. The fourth-order valence-corrected chi connectivity index (χ4v) is 3.25. The van der Waals surface area contributed by atoms with Gasteiger partial charge in [-0.1, -0.05) is 6.42 Å². The van der Waals surface area contributed by atoms with Gasteiger partial charge in [-0.2, -0.15) is 24.9 Å². The summed E-state index contributed by atoms with van der Waals surface area (Å²) < 4.78 is 38.1. The zero-order valence-electron chi connectivity index (χ0n) is 11.6. The van der Waals surface area contributed by atoms with E-state index in [2.05, 4.69) is 5.32 Å². The molecule has 20 heavy (non-hydrogen) atoms. The van der Waals surface area contributed by atoms with Crippen molar-refractivity contribution in [2.75, 3.05) is 18.6 Å². The number of amides is 1. The third-order valence-electron chi connectivity index (χ3n) is 3.70. The van der Waals surface area contributed by atoms with E-state index >= 15 is 0 Å². The summed E-state index contributed by atoms with van der Waals surface area (Å²) in [7, 11) is 0. The molecule has 0 radical (unpaired) electrons. The average molecular weight is 313 g/mol. The Balaban J connectivity index is 2.53. The molecular formula is C13H22F3NO2S. The molecule has 0 aliphatic heterocycles. The Bertz CT molecular complexity index is 306. The molecule has 1 rings (SSSR count). The van der Waals surface area contributed by atoms with Gasteiger partial charge in [0, 0.05) is 24.3 Å². The van der Waals surface area contributed by atoms with E-state index in [1.54, 1.807) is 0 Å². The summed E-state index contributed by atoms with van der Waals surface area (Å²) in [5.74, 6) is -1.56. The Morgan fingerprint density at radius 2 is 2.15 bits per heavy atom. The Kier molecular flexibility index (Phi) is 7.15. The van der Waals surface area contributed by atoms with E-state index in [0.717, 1.165) is 0 Å². The highest BCUT2D eigenvalue weighted by atomic mass is 32.2. The summed E-state index contributed by atoms with van der Waals surface area (Å²) >= 11 is 1.54. The number of aliphatic hydroxyl groups is 1. The van der Waals surface area contributed by atoms with Crippen LogP contribution in [0.3, 0.4) is 0 Å². The molecule has 1 aliphatic carbocycles. The lowest BCUT2D eigenvalue weighted by Crippen LogP contribution is -2.43. The highest BCUT2D eigenvalue weighted by molar-refractivity contribution is 7.98. The number of aliphatic hydroxyl groups excluding tert-OH is 1. The van der Waals surface area contributed by atoms with Gasteiger partial charge in [-0.05, 0) is 31.9 Å². The fraction of sp³-hybridized carbons (Fsp3) is 0.923. The number of hydrogen-bond acceptors (Lipinski definition) is 3. The molecule has 3 nitrogen and oxygen atoms in total. The van der Waals surface area contributed by atoms with Gasteiger partial charge in [-0.25, -0.2) is 0 Å². The first-order chi connectivity index (χ1) is 9.38. The van der Waals surface area contributed by atoms with E-state index in [1.807, 2.05) is 6.26 Å². The van der Waals surface area contributed by atoms with Gasteiger partial charge in [-0.15, -0.1) is 0 Å². The van der Waals surface area contributed by atoms with Crippen molar-refractivity contribution in [1.29, 1.82) is 0 Å². The summed E-state index contributed by atoms with van der Waals surface area (Å²) in [6.07, 6.45) is -0.918. The van der Waals surface area contributed by atoms with Crippen LogP contribution in [-0.4, -0.2) is 41.8 Å². The number of hydrogen-bond donors (Lipinski definition) is 2. The molecule has 0 saturated heterocycles. The molecule has 118 valence electrons. The number of carbonyl (C=O) groups excluding carboxylic acids is 1. The predicted octanol–water partition coefficient (Wildman–Crippen LogP) is 2.59. The lowest BCUT2D eigenvalue weighted by molar-refractivity contribution is -0.186. The second kappa shape index (κ2) is 8.12. The second-order valence-electron chi connectivity index (χ2n) is 5.28. The van der Waals surface area contributed by atoms with E-state index in [0.29, 0.717) is 25.0 Å². The van der Waals surface area contributed by atoms with E-state index < -0.39 is 18.0 Å². The molecule has 3 unspecified atom stereocenters. The van der Waals surface area contributed by atoms with Gasteiger partial charge in [0.25, 0.3) is 0 Å². The number of alkyl halides is 3. The van der Waals surface area contributed by atoms with Crippen molar-refractivity contribution in [3.05, 3.63) is 0 Å². The van der Waals surface area contributed by atoms with Crippen molar-refractivity contribution in [2.45, 2.75) is 44.3 Å². The Morgan fingerprint density at radius 3 is 2.70 bits per heavy atom. The van der Waals surface area contributed by atoms with E-state index in [4.69, 9.17) is 5.11 Å². The van der Waals surface area contributed by atoms with Gasteiger partial charge in [-0.3, -0.25) is 4.79 Å². The summed E-state index contributed by atoms with van der Waals surface area (Å²) in [4.78, 5) is 12.1. The minimum atomic E-state index is -4.21. The highest BCUT2D eigenvalue weighted by Gasteiger charge is 2.43. The van der Waals surface area contributed by atoms with Crippen molar-refractivity contribution in [3.8, 4) is 0 Å². The molecule has 0 aromatic rings. The van der Waals surface area contributed by atoms with Crippen LogP contribution in [-0.2, 0) is 4.79 Å². The zero-order chi connectivity index (χ0) is 15.2. The second-order valence-corrected chi connectivity index (χ2v) is 6.19. The van der Waals surface area contributed by atoms with Crippen LogP contribution in [0.5, 0.6) is 0 Å². The predicted molar refractivity (Wildman–Crippen MR) is 73.5 cm³/mol. The standard InChI is InChI=1S/C13H22F3NO2S/c1-20-8-11(5-6-18)17-12(19)9-3-2-4-10(7-9)13(14,15)16/h9-11,18H,2-8H2,1H3,(H,17,19). The quantitative estimate of drug-likeness (QED) is 0.792. The smallest absolute Gasteiger partial charge is 0.391 e. The van der Waals surface area contributed by atoms with Crippen LogP contribution in [0.4, 0.5) is 13.2 Å². The van der Waals surface area contributed by atoms with Gasteiger partial charge < -0.3 is 10.4 Å². The van der Waals surface area contributed by atoms with Crippen LogP contribution in [0.25, 0.3) is 0 Å². The molecule has 2 N–H and O–H groups in total. The van der Waals surface area contributed by atoms with Crippen LogP contribution in [0, 0.1) is 11.8 Å². The van der Waals surface area contributed by atoms with Crippen molar-refractivity contribution in [3.63, 3.8) is 0 Å². The maximum atomic E-state index is 12.7. The SMILES string of the molecule is CSCC(CCO)NC(=O)C1CCCC(C(F)(F)F)C1. The minimum absolute atomic E-state index is 0.0403. The van der Waals surface area contributed by atoms with Crippen LogP contribution >= 0.6 is 11.8 Å². The van der Waals surface area contributed by atoms with Gasteiger partial charge in [0.05, 0.1) is 5.92 Å². The molecule has 0 spiro atoms. The van der Waals surface area contributed by atoms with Crippen molar-refractivity contribution in [1.82, 2.24) is 5.32 Å². The summed E-state index contributed by atoms with van der Waals surface area (Å²) in [5.41, 5.74) is 0. The normalized spacial score (nSPS) is 25.2. The Morgan fingerprint density at radius 1 is 1.45 bits per heavy atom. The molecule has 3 atom stereocenters. The van der Waals surface area contributed by atoms with Crippen LogP contribution in [0.2, 0.25) is 0 Å². The van der Waals surface area contributed by atoms with Crippen LogP contribution in [0.15, 0.2) is 0 Å². The third kappa shape index (κ3) is 5.52. The van der Waals surface area contributed by atoms with Gasteiger partial charge in [0.2, 0.25) is 5.91 Å². The fourth-order valence-electron chi connectivity index (χ4n) is 2.60. The highest BCUT2D eigenvalue weighted by Crippen LogP contribution is 2.39. The Labute approximate surface area is 121 Å². The Hall–Kier alpha value is -0.430. The van der Waals surface area contributed by atoms with Gasteiger partial charge >= 0.3 is 6.18 Å². The molecule has 7 heteroatoms. The average Bonchev–Trinajstić information content (AvgIpc) is 2.38. The first-order valence-electron chi connectivity index (χ1n) is 6.85. The van der Waals surface area contributed by atoms with Crippen LogP contribution < -0.4 is 5.32 Å². The van der Waals surface area contributed by atoms with Crippen molar-refractivity contribution >= 4 is 17.7 Å². The zero-order valence-corrected chi connectivity index (χ0v) is 12.4. The van der Waals surface area contributed by atoms with E-state index in [-0.39, 0.29) is 31.4 Å². The number of halogens is 3. The molecule has 1 amide bonds. The largest absolute Gasteiger partial charge is 0.396 e. The summed E-state index contributed by atoms with van der Waals surface area (Å²) in [6, 6.07) is -0.172. The molecule has 0 aromatic heterocycles. The summed E-state index contributed by atoms with van der Waals surface area (Å²) in [6.45, 7) is -0.0403. The number of rotatable bonds is 6. The topological polar surface area (TPSA) is 49.3 Å². The number of thioether (sulfide) groups is 1. The number of nitrogens with one attached hydrogen (secondary N) is 1. The maximum Gasteiger partial charge on any atom is 0.391 e. The van der Waals surface area contributed by atoms with E-state index in [9.17, 15) is 18.0 Å². The molecule has 0 aromatic carbocycles. The lowest BCUT2D eigenvalue weighted by Gasteiger charge is -2.30. The molecular weight excluding hydrogens is 291 g/mol. The monoisotopic (exact) mass is 313 g/mol. The van der Waals surface area contributed by atoms with Crippen LogP contribution in [0.1, 0.15) is 32.1 Å². The first-order valence-corrected chi connectivity index (χ1v) is 8.24. The van der Waals surface area contributed by atoms with Crippen molar-refractivity contribution in [2.24, 2.45) is 11.8 Å².